The average molecular weight is 586 g/mol. The van der Waals surface area contributed by atoms with Gasteiger partial charge in [-0.3, -0.25) is 9.59 Å². The van der Waals surface area contributed by atoms with E-state index in [-0.39, 0.29) is 18.1 Å². The monoisotopic (exact) mass is 585 g/mol. The van der Waals surface area contributed by atoms with Crippen molar-refractivity contribution in [3.8, 4) is 5.75 Å². The lowest BCUT2D eigenvalue weighted by atomic mass is 10.0. The molecule has 1 heterocycles. The molecule has 0 unspecified atom stereocenters. The topological polar surface area (TPSA) is 59.3 Å². The number of carbonyl (C=O) groups excluding carboxylic acids is 2. The van der Waals surface area contributed by atoms with Gasteiger partial charge in [-0.05, 0) is 56.5 Å². The lowest BCUT2D eigenvalue weighted by Gasteiger charge is -2.13. The highest BCUT2D eigenvalue weighted by molar-refractivity contribution is 5.98. The third-order valence-corrected chi connectivity index (χ3v) is 8.19. The highest BCUT2D eigenvalue weighted by Gasteiger charge is 2.15. The molecule has 0 aliphatic carbocycles. The van der Waals surface area contributed by atoms with Gasteiger partial charge in [0, 0.05) is 17.2 Å². The first-order valence-corrected chi connectivity index (χ1v) is 16.5. The minimum Gasteiger partial charge on any atom is -0.493 e. The van der Waals surface area contributed by atoms with Gasteiger partial charge in [-0.25, -0.2) is 4.57 Å². The van der Waals surface area contributed by atoms with Gasteiger partial charge in [-0.1, -0.05) is 102 Å². The minimum atomic E-state index is -0.114. The van der Waals surface area contributed by atoms with E-state index in [2.05, 4.69) is 49.1 Å². The van der Waals surface area contributed by atoms with Gasteiger partial charge in [-0.15, -0.1) is 0 Å². The van der Waals surface area contributed by atoms with Gasteiger partial charge in [0.25, 0.3) is 0 Å². The molecule has 2 aromatic carbocycles. The summed E-state index contributed by atoms with van der Waals surface area (Å²) in [6, 6.07) is 15.5. The molecule has 0 saturated heterocycles. The largest absolute Gasteiger partial charge is 0.493 e. The second kappa shape index (κ2) is 18.9. The molecule has 3 rings (SSSR count). The smallest absolute Gasteiger partial charge is 0.228 e. The number of nitrogens with one attached hydrogen (secondary N) is 1. The van der Waals surface area contributed by atoms with Crippen LogP contribution >= 0.6 is 0 Å². The van der Waals surface area contributed by atoms with Crippen molar-refractivity contribution in [1.82, 2.24) is 0 Å². The summed E-state index contributed by atoms with van der Waals surface area (Å²) < 4.78 is 8.14. The van der Waals surface area contributed by atoms with Crippen molar-refractivity contribution in [1.29, 1.82) is 0 Å². The number of pyridine rings is 1. The maximum atomic E-state index is 13.0. The van der Waals surface area contributed by atoms with Crippen LogP contribution in [0.1, 0.15) is 124 Å². The van der Waals surface area contributed by atoms with Gasteiger partial charge in [-0.2, -0.15) is 0 Å². The van der Waals surface area contributed by atoms with Crippen LogP contribution < -0.4 is 14.6 Å². The van der Waals surface area contributed by atoms with Crippen LogP contribution in [0, 0.1) is 13.8 Å². The summed E-state index contributed by atoms with van der Waals surface area (Å²) in [4.78, 5) is 25.4. The Bertz CT molecular complexity index is 1300. The summed E-state index contributed by atoms with van der Waals surface area (Å²) in [6.45, 7) is 9.29. The van der Waals surface area contributed by atoms with Gasteiger partial charge in [0.1, 0.15) is 5.75 Å². The molecule has 0 fully saturated rings. The third-order valence-electron chi connectivity index (χ3n) is 8.19. The number of benzene rings is 2. The van der Waals surface area contributed by atoms with Crippen molar-refractivity contribution in [2.75, 3.05) is 11.9 Å². The van der Waals surface area contributed by atoms with Crippen molar-refractivity contribution in [2.45, 2.75) is 118 Å². The van der Waals surface area contributed by atoms with Crippen molar-refractivity contribution in [3.63, 3.8) is 0 Å². The SMILES string of the molecule is CCCCCCCCCCCCCCOc1ccc(CC(=O)Nc2ccccc2C[n+]2ccc(C)c(C)c2)cc1C(C)=O. The van der Waals surface area contributed by atoms with Gasteiger partial charge >= 0.3 is 0 Å². The predicted molar refractivity (Wildman–Crippen MR) is 177 cm³/mol. The number of hydrogen-bond acceptors (Lipinski definition) is 3. The number of Topliss-reactive ketones (excluding diaryl/α,β-unsaturated/α-hetero) is 1. The van der Waals surface area contributed by atoms with E-state index in [9.17, 15) is 9.59 Å². The van der Waals surface area contributed by atoms with Crippen molar-refractivity contribution in [3.05, 3.63) is 88.7 Å². The van der Waals surface area contributed by atoms with E-state index in [4.69, 9.17) is 4.74 Å². The van der Waals surface area contributed by atoms with Crippen LogP contribution in [0.25, 0.3) is 0 Å². The molecule has 232 valence electrons. The quantitative estimate of drug-likeness (QED) is 0.0817. The number of para-hydroxylation sites is 1. The molecule has 0 radical (unpaired) electrons. The zero-order valence-electron chi connectivity index (χ0n) is 27.1. The number of aryl methyl sites for hydroxylation is 2. The fourth-order valence-electron chi connectivity index (χ4n) is 5.40. The Morgan fingerprint density at radius 2 is 1.44 bits per heavy atom. The molecule has 0 atom stereocenters. The van der Waals surface area contributed by atoms with Crippen LogP contribution in [0.4, 0.5) is 5.69 Å². The molecule has 0 spiro atoms. The van der Waals surface area contributed by atoms with E-state index in [1.54, 1.807) is 13.0 Å². The zero-order chi connectivity index (χ0) is 30.9. The lowest BCUT2D eigenvalue weighted by Crippen LogP contribution is -2.34. The lowest BCUT2D eigenvalue weighted by molar-refractivity contribution is -0.688. The van der Waals surface area contributed by atoms with Crippen LogP contribution in [-0.4, -0.2) is 18.3 Å². The highest BCUT2D eigenvalue weighted by Crippen LogP contribution is 2.23. The Balaban J connectivity index is 1.43. The number of ether oxygens (including phenoxy) is 1. The maximum Gasteiger partial charge on any atom is 0.228 e. The Labute approximate surface area is 260 Å². The molecule has 1 amide bonds. The fourth-order valence-corrected chi connectivity index (χ4v) is 5.40. The number of rotatable bonds is 20. The summed E-state index contributed by atoms with van der Waals surface area (Å²) in [5, 5.41) is 3.08. The predicted octanol–water partition coefficient (Wildman–Crippen LogP) is 9.10. The molecule has 3 aromatic rings. The second-order valence-corrected chi connectivity index (χ2v) is 12.0. The van der Waals surface area contributed by atoms with Crippen molar-refractivity contribution in [2.24, 2.45) is 0 Å². The summed E-state index contributed by atoms with van der Waals surface area (Å²) >= 11 is 0. The van der Waals surface area contributed by atoms with E-state index in [0.29, 0.717) is 24.5 Å². The van der Waals surface area contributed by atoms with E-state index in [1.807, 2.05) is 36.4 Å². The summed E-state index contributed by atoms with van der Waals surface area (Å²) in [5.41, 5.74) is 5.65. The molecule has 0 aliphatic heterocycles. The normalized spacial score (nSPS) is 11.0. The number of unbranched alkanes of at least 4 members (excludes halogenated alkanes) is 11. The molecule has 5 heteroatoms. The number of carbonyl (C=O) groups is 2. The van der Waals surface area contributed by atoms with Crippen LogP contribution in [0.15, 0.2) is 60.9 Å². The van der Waals surface area contributed by atoms with E-state index < -0.39 is 0 Å². The molecular formula is C38H53N2O3+. The van der Waals surface area contributed by atoms with E-state index in [1.165, 1.54) is 75.3 Å². The minimum absolute atomic E-state index is 0.0530. The third kappa shape index (κ3) is 12.3. The first-order valence-electron chi connectivity index (χ1n) is 16.5. The number of aromatic nitrogens is 1. The molecule has 1 aromatic heterocycles. The van der Waals surface area contributed by atoms with Crippen LogP contribution in [0.2, 0.25) is 0 Å². The molecule has 0 saturated carbocycles. The van der Waals surface area contributed by atoms with Gasteiger partial charge in [0.2, 0.25) is 5.91 Å². The summed E-state index contributed by atoms with van der Waals surface area (Å²) in [6.07, 6.45) is 19.9. The highest BCUT2D eigenvalue weighted by atomic mass is 16.5. The molecule has 0 aliphatic rings. The van der Waals surface area contributed by atoms with Crippen LogP contribution in [0.5, 0.6) is 5.75 Å². The number of amides is 1. The fraction of sp³-hybridized carbons (Fsp3) is 0.500. The Morgan fingerprint density at radius 3 is 2.09 bits per heavy atom. The number of ketones is 1. The number of anilines is 1. The number of nitrogens with zero attached hydrogens (tertiary/aromatic N) is 1. The Kier molecular flexibility index (Phi) is 15.0. The maximum absolute atomic E-state index is 13.0. The molecular weight excluding hydrogens is 532 g/mol. The Morgan fingerprint density at radius 1 is 0.791 bits per heavy atom. The number of hydrogen-bond donors (Lipinski definition) is 1. The molecule has 1 N–H and O–H groups in total. The standard InChI is InChI=1S/C38H52N2O3/c1-5-6-7-8-9-10-11-12-13-14-15-18-25-43-37-22-21-33(26-35(37)32(4)41)27-38(42)39-36-20-17-16-19-34(36)29-40-24-23-30(2)31(3)28-40/h16-17,19-24,26,28H,5-15,18,25,27,29H2,1-4H3/p+1. The molecule has 5 nitrogen and oxygen atoms in total. The second-order valence-electron chi connectivity index (χ2n) is 12.0. The van der Waals surface area contributed by atoms with Gasteiger partial charge in [0.05, 0.1) is 24.3 Å². The van der Waals surface area contributed by atoms with E-state index in [0.717, 1.165) is 29.7 Å². The molecule has 43 heavy (non-hydrogen) atoms. The van der Waals surface area contributed by atoms with Crippen LogP contribution in [0.3, 0.4) is 0 Å². The van der Waals surface area contributed by atoms with Crippen molar-refractivity contribution < 1.29 is 18.9 Å². The molecule has 0 bridgehead atoms. The average Bonchev–Trinajstić information content (AvgIpc) is 2.99. The zero-order valence-corrected chi connectivity index (χ0v) is 27.1. The summed E-state index contributed by atoms with van der Waals surface area (Å²) in [5.74, 6) is 0.440. The van der Waals surface area contributed by atoms with Crippen molar-refractivity contribution >= 4 is 17.4 Å². The van der Waals surface area contributed by atoms with Crippen LogP contribution in [-0.2, 0) is 17.8 Å². The van der Waals surface area contributed by atoms with Gasteiger partial charge in [0.15, 0.2) is 24.7 Å². The van der Waals surface area contributed by atoms with Gasteiger partial charge < -0.3 is 10.1 Å². The van der Waals surface area contributed by atoms with E-state index >= 15 is 0 Å². The Hall–Kier alpha value is -3.47. The first kappa shape index (κ1) is 34.0. The summed E-state index contributed by atoms with van der Waals surface area (Å²) in [7, 11) is 0. The first-order chi connectivity index (χ1) is 20.9.